The van der Waals surface area contributed by atoms with Crippen molar-refractivity contribution >= 4 is 17.6 Å². The second-order valence-corrected chi connectivity index (χ2v) is 9.63. The molecular weight excluding hydrogens is 406 g/mol. The minimum Gasteiger partial charge on any atom is -0.478 e. The molecule has 3 aromatic rings. The molecule has 0 atom stereocenters. The molecule has 1 saturated heterocycles. The van der Waals surface area contributed by atoms with Gasteiger partial charge in [-0.3, -0.25) is 4.68 Å². The van der Waals surface area contributed by atoms with Crippen molar-refractivity contribution in [3.63, 3.8) is 0 Å². The average molecular weight is 436 g/mol. The molecular formula is C24H29N5O3. The second kappa shape index (κ2) is 8.02. The van der Waals surface area contributed by atoms with Gasteiger partial charge >= 0.3 is 5.97 Å². The summed E-state index contributed by atoms with van der Waals surface area (Å²) in [5.74, 6) is -0.494. The molecule has 1 aromatic carbocycles. The molecule has 0 amide bonds. The smallest absolute Gasteiger partial charge is 0.335 e. The van der Waals surface area contributed by atoms with Crippen LogP contribution in [0, 0.1) is 6.92 Å². The lowest BCUT2D eigenvalue weighted by atomic mass is 9.85. The highest BCUT2D eigenvalue weighted by molar-refractivity contribution is 5.88. The predicted octanol–water partition coefficient (Wildman–Crippen LogP) is 5.00. The maximum Gasteiger partial charge on any atom is 0.335 e. The van der Waals surface area contributed by atoms with Crippen LogP contribution >= 0.6 is 0 Å². The average Bonchev–Trinajstić information content (AvgIpc) is 3.16. The van der Waals surface area contributed by atoms with Crippen molar-refractivity contribution in [2.24, 2.45) is 0 Å². The Balaban J connectivity index is 1.54. The van der Waals surface area contributed by atoms with E-state index in [1.807, 2.05) is 17.8 Å². The van der Waals surface area contributed by atoms with Gasteiger partial charge in [-0.25, -0.2) is 14.8 Å². The summed E-state index contributed by atoms with van der Waals surface area (Å²) in [4.78, 5) is 20.2. The van der Waals surface area contributed by atoms with Crippen molar-refractivity contribution in [1.82, 2.24) is 19.7 Å². The number of anilines is 2. The first-order valence-electron chi connectivity index (χ1n) is 10.7. The maximum atomic E-state index is 11.1. The fourth-order valence-electron chi connectivity index (χ4n) is 4.52. The minimum atomic E-state index is -0.952. The number of carboxylic acids is 1. The van der Waals surface area contributed by atoms with Gasteiger partial charge in [0.25, 0.3) is 0 Å². The number of ether oxygens (including phenoxy) is 1. The Morgan fingerprint density at radius 1 is 1.12 bits per heavy atom. The number of aromatic carboxylic acids is 1. The summed E-state index contributed by atoms with van der Waals surface area (Å²) < 4.78 is 8.19. The van der Waals surface area contributed by atoms with E-state index in [1.165, 1.54) is 0 Å². The van der Waals surface area contributed by atoms with Crippen molar-refractivity contribution in [3.05, 3.63) is 54.0 Å². The van der Waals surface area contributed by atoms with Gasteiger partial charge in [-0.15, -0.1) is 0 Å². The Kier molecular flexibility index (Phi) is 5.50. The summed E-state index contributed by atoms with van der Waals surface area (Å²) in [6.45, 7) is 10.4. The molecule has 1 aliphatic heterocycles. The van der Waals surface area contributed by atoms with Gasteiger partial charge in [-0.2, -0.15) is 5.10 Å². The van der Waals surface area contributed by atoms with E-state index in [4.69, 9.17) is 9.84 Å². The van der Waals surface area contributed by atoms with Gasteiger partial charge in [-0.05, 0) is 65.2 Å². The van der Waals surface area contributed by atoms with Crippen molar-refractivity contribution in [2.45, 2.75) is 64.7 Å². The lowest BCUT2D eigenvalue weighted by Crippen LogP contribution is -2.45. The molecule has 0 bridgehead atoms. The monoisotopic (exact) mass is 435 g/mol. The van der Waals surface area contributed by atoms with Crippen molar-refractivity contribution in [2.75, 3.05) is 5.32 Å². The Bertz CT molecular complexity index is 1120. The Morgan fingerprint density at radius 3 is 2.41 bits per heavy atom. The molecule has 1 fully saturated rings. The predicted molar refractivity (Wildman–Crippen MR) is 122 cm³/mol. The largest absolute Gasteiger partial charge is 0.478 e. The quantitative estimate of drug-likeness (QED) is 0.581. The van der Waals surface area contributed by atoms with E-state index in [0.29, 0.717) is 5.95 Å². The first kappa shape index (κ1) is 22.0. The van der Waals surface area contributed by atoms with Gasteiger partial charge in [0.15, 0.2) is 0 Å². The number of benzene rings is 1. The van der Waals surface area contributed by atoms with Gasteiger partial charge in [0.1, 0.15) is 0 Å². The number of carbonyl (C=O) groups is 1. The molecule has 32 heavy (non-hydrogen) atoms. The van der Waals surface area contributed by atoms with Gasteiger partial charge in [0.05, 0.1) is 40.4 Å². The van der Waals surface area contributed by atoms with Crippen LogP contribution in [0.2, 0.25) is 0 Å². The number of nitrogens with zero attached hydrogens (tertiary/aromatic N) is 4. The van der Waals surface area contributed by atoms with Crippen LogP contribution < -0.4 is 5.32 Å². The zero-order valence-electron chi connectivity index (χ0n) is 19.1. The number of hydrogen-bond donors (Lipinski definition) is 2. The third-order valence-corrected chi connectivity index (χ3v) is 5.62. The third-order valence-electron chi connectivity index (χ3n) is 5.62. The van der Waals surface area contributed by atoms with E-state index in [0.717, 1.165) is 35.3 Å². The van der Waals surface area contributed by atoms with Crippen LogP contribution in [-0.2, 0) is 4.74 Å². The molecule has 2 N–H and O–H groups in total. The number of hydrogen-bond acceptors (Lipinski definition) is 6. The molecule has 0 radical (unpaired) electrons. The summed E-state index contributed by atoms with van der Waals surface area (Å²) in [5.41, 5.74) is 3.11. The summed E-state index contributed by atoms with van der Waals surface area (Å²) in [6.07, 6.45) is 7.28. The van der Waals surface area contributed by atoms with Gasteiger partial charge in [-0.1, -0.05) is 12.1 Å². The SMILES string of the molecule is Cc1cnc(Nc2cnn(C3CC(C)(C)OC(C)(C)C3)c2)nc1-c1ccc(C(=O)O)cc1. The van der Waals surface area contributed by atoms with Crippen LogP contribution in [0.25, 0.3) is 11.3 Å². The van der Waals surface area contributed by atoms with Crippen molar-refractivity contribution in [3.8, 4) is 11.3 Å². The highest BCUT2D eigenvalue weighted by atomic mass is 16.5. The lowest BCUT2D eigenvalue weighted by molar-refractivity contribution is -0.170. The van der Waals surface area contributed by atoms with E-state index in [9.17, 15) is 4.79 Å². The number of carboxylic acid groups (broad SMARTS) is 1. The lowest BCUT2D eigenvalue weighted by Gasteiger charge is -2.45. The van der Waals surface area contributed by atoms with Crippen LogP contribution in [0.5, 0.6) is 0 Å². The first-order valence-corrected chi connectivity index (χ1v) is 10.7. The molecule has 3 heterocycles. The van der Waals surface area contributed by atoms with E-state index in [-0.39, 0.29) is 22.8 Å². The van der Waals surface area contributed by atoms with Crippen LogP contribution in [0.3, 0.4) is 0 Å². The highest BCUT2D eigenvalue weighted by Gasteiger charge is 2.40. The molecule has 4 rings (SSSR count). The molecule has 0 unspecified atom stereocenters. The highest BCUT2D eigenvalue weighted by Crippen LogP contribution is 2.40. The standard InChI is InChI=1S/C24H29N5O3/c1-15-12-25-22(28-20(15)16-6-8-17(9-7-16)21(30)31)27-18-13-26-29(14-18)19-10-23(2,3)32-24(4,5)11-19/h6-9,12-14,19H,10-11H2,1-5H3,(H,30,31)(H,25,27,28). The van der Waals surface area contributed by atoms with Gasteiger partial charge in [0, 0.05) is 18.0 Å². The summed E-state index contributed by atoms with van der Waals surface area (Å²) in [5, 5.41) is 16.9. The molecule has 8 heteroatoms. The van der Waals surface area contributed by atoms with E-state index in [2.05, 4.69) is 48.1 Å². The maximum absolute atomic E-state index is 11.1. The van der Waals surface area contributed by atoms with Crippen LogP contribution in [0.4, 0.5) is 11.6 Å². The molecule has 0 aliphatic carbocycles. The summed E-state index contributed by atoms with van der Waals surface area (Å²) in [7, 11) is 0. The van der Waals surface area contributed by atoms with Crippen molar-refractivity contribution in [1.29, 1.82) is 0 Å². The zero-order chi connectivity index (χ0) is 23.1. The van der Waals surface area contributed by atoms with Crippen LogP contribution in [-0.4, -0.2) is 42.0 Å². The van der Waals surface area contributed by atoms with Crippen molar-refractivity contribution < 1.29 is 14.6 Å². The Hall–Kier alpha value is -3.26. The third kappa shape index (κ3) is 4.80. The Morgan fingerprint density at radius 2 is 1.78 bits per heavy atom. The van der Waals surface area contributed by atoms with Crippen LogP contribution in [0.1, 0.15) is 62.5 Å². The fourth-order valence-corrected chi connectivity index (χ4v) is 4.52. The molecule has 0 saturated carbocycles. The number of aromatic nitrogens is 4. The van der Waals surface area contributed by atoms with Crippen LogP contribution in [0.15, 0.2) is 42.9 Å². The molecule has 8 nitrogen and oxygen atoms in total. The topological polar surface area (TPSA) is 102 Å². The van der Waals surface area contributed by atoms with E-state index in [1.54, 1.807) is 36.7 Å². The molecule has 0 spiro atoms. The molecule has 168 valence electrons. The number of nitrogens with one attached hydrogen (secondary N) is 1. The number of aryl methyl sites for hydroxylation is 1. The number of rotatable bonds is 5. The minimum absolute atomic E-state index is 0.211. The van der Waals surface area contributed by atoms with Gasteiger partial charge < -0.3 is 15.2 Å². The van der Waals surface area contributed by atoms with E-state index >= 15 is 0 Å². The fraction of sp³-hybridized carbons (Fsp3) is 0.417. The van der Waals surface area contributed by atoms with E-state index < -0.39 is 5.97 Å². The first-order chi connectivity index (χ1) is 15.0. The van der Waals surface area contributed by atoms with Gasteiger partial charge in [0.2, 0.25) is 5.95 Å². The normalized spacial score (nSPS) is 17.8. The summed E-state index contributed by atoms with van der Waals surface area (Å²) >= 11 is 0. The summed E-state index contributed by atoms with van der Waals surface area (Å²) in [6, 6.07) is 6.91. The molecule has 2 aromatic heterocycles. The Labute approximate surface area is 187 Å². The molecule has 1 aliphatic rings. The second-order valence-electron chi connectivity index (χ2n) is 9.63. The zero-order valence-corrected chi connectivity index (χ0v) is 19.1.